The van der Waals surface area contributed by atoms with E-state index >= 15 is 0 Å². The monoisotopic (exact) mass is 283 g/mol. The number of ether oxygens (including phenoxy) is 2. The summed E-state index contributed by atoms with van der Waals surface area (Å²) < 4.78 is 10.8. The predicted octanol–water partition coefficient (Wildman–Crippen LogP) is 3.70. The lowest BCUT2D eigenvalue weighted by Crippen LogP contribution is -2.29. The molecule has 0 radical (unpaired) electrons. The van der Waals surface area contributed by atoms with Gasteiger partial charge >= 0.3 is 0 Å². The molecule has 3 rings (SSSR count). The summed E-state index contributed by atoms with van der Waals surface area (Å²) in [7, 11) is 0. The van der Waals surface area contributed by atoms with Crippen LogP contribution in [0.1, 0.15) is 31.0 Å². The maximum absolute atomic E-state index is 5.46. The van der Waals surface area contributed by atoms with Crippen LogP contribution in [0.2, 0.25) is 0 Å². The van der Waals surface area contributed by atoms with E-state index in [4.69, 9.17) is 9.47 Å². The fraction of sp³-hybridized carbons (Fsp3) is 0.333. The summed E-state index contributed by atoms with van der Waals surface area (Å²) in [4.78, 5) is 0. The van der Waals surface area contributed by atoms with E-state index in [1.807, 2.05) is 6.07 Å². The highest BCUT2D eigenvalue weighted by atomic mass is 16.7. The van der Waals surface area contributed by atoms with Gasteiger partial charge in [-0.3, -0.25) is 0 Å². The Kier molecular flexibility index (Phi) is 4.11. The Labute approximate surface area is 125 Å². The summed E-state index contributed by atoms with van der Waals surface area (Å²) >= 11 is 0. The Morgan fingerprint density at radius 1 is 1.00 bits per heavy atom. The highest BCUT2D eigenvalue weighted by molar-refractivity contribution is 5.44. The highest BCUT2D eigenvalue weighted by Gasteiger charge is 2.17. The van der Waals surface area contributed by atoms with E-state index in [0.717, 1.165) is 17.9 Å². The van der Waals surface area contributed by atoms with E-state index in [1.54, 1.807) is 0 Å². The first-order valence-corrected chi connectivity index (χ1v) is 7.42. The van der Waals surface area contributed by atoms with E-state index in [9.17, 15) is 0 Å². The second-order valence-electron chi connectivity index (χ2n) is 5.68. The first kappa shape index (κ1) is 14.0. The lowest BCUT2D eigenvalue weighted by molar-refractivity contribution is 0.174. The molecule has 1 aliphatic rings. The fourth-order valence-corrected chi connectivity index (χ4v) is 2.66. The standard InChI is InChI=1S/C18H21NO2/c1-13(2)19-16(15-6-4-3-5-7-15)10-14-8-9-17-18(11-14)21-12-20-17/h3-9,11,13,16,19H,10,12H2,1-2H3. The zero-order chi connectivity index (χ0) is 14.7. The quantitative estimate of drug-likeness (QED) is 0.907. The summed E-state index contributed by atoms with van der Waals surface area (Å²) in [5, 5.41) is 3.64. The molecule has 0 spiro atoms. The van der Waals surface area contributed by atoms with Crippen molar-refractivity contribution in [1.82, 2.24) is 5.32 Å². The molecule has 21 heavy (non-hydrogen) atoms. The Bertz CT molecular complexity index is 595. The summed E-state index contributed by atoms with van der Waals surface area (Å²) in [6, 6.07) is 17.5. The van der Waals surface area contributed by atoms with Gasteiger partial charge in [-0.25, -0.2) is 0 Å². The molecule has 1 atom stereocenters. The van der Waals surface area contributed by atoms with Gasteiger partial charge in [0, 0.05) is 12.1 Å². The van der Waals surface area contributed by atoms with Gasteiger partial charge in [0.15, 0.2) is 11.5 Å². The molecule has 2 aromatic carbocycles. The van der Waals surface area contributed by atoms with E-state index in [-0.39, 0.29) is 0 Å². The van der Waals surface area contributed by atoms with Crippen LogP contribution in [0.3, 0.4) is 0 Å². The van der Waals surface area contributed by atoms with Crippen molar-refractivity contribution in [2.45, 2.75) is 32.4 Å². The van der Waals surface area contributed by atoms with E-state index in [0.29, 0.717) is 18.9 Å². The van der Waals surface area contributed by atoms with Gasteiger partial charge in [0.1, 0.15) is 0 Å². The van der Waals surface area contributed by atoms with E-state index in [2.05, 4.69) is 61.6 Å². The Morgan fingerprint density at radius 3 is 2.52 bits per heavy atom. The first-order valence-electron chi connectivity index (χ1n) is 7.42. The first-order chi connectivity index (χ1) is 10.2. The average molecular weight is 283 g/mol. The number of hydrogen-bond acceptors (Lipinski definition) is 3. The molecule has 0 saturated heterocycles. The second-order valence-corrected chi connectivity index (χ2v) is 5.68. The summed E-state index contributed by atoms with van der Waals surface area (Å²) in [6.45, 7) is 4.68. The van der Waals surface area contributed by atoms with Gasteiger partial charge in [-0.15, -0.1) is 0 Å². The topological polar surface area (TPSA) is 30.5 Å². The molecule has 2 aromatic rings. The smallest absolute Gasteiger partial charge is 0.231 e. The molecular formula is C18H21NO2. The van der Waals surface area contributed by atoms with Crippen molar-refractivity contribution in [2.24, 2.45) is 0 Å². The van der Waals surface area contributed by atoms with Gasteiger partial charge in [-0.2, -0.15) is 0 Å². The Morgan fingerprint density at radius 2 is 1.76 bits per heavy atom. The van der Waals surface area contributed by atoms with Crippen LogP contribution in [0.5, 0.6) is 11.5 Å². The summed E-state index contributed by atoms with van der Waals surface area (Å²) in [6.07, 6.45) is 0.929. The van der Waals surface area contributed by atoms with Crippen LogP contribution in [-0.2, 0) is 6.42 Å². The van der Waals surface area contributed by atoms with E-state index in [1.165, 1.54) is 11.1 Å². The van der Waals surface area contributed by atoms with Gasteiger partial charge in [0.05, 0.1) is 0 Å². The number of benzene rings is 2. The lowest BCUT2D eigenvalue weighted by Gasteiger charge is -2.22. The summed E-state index contributed by atoms with van der Waals surface area (Å²) in [5.74, 6) is 1.69. The molecule has 1 heterocycles. The molecule has 0 saturated carbocycles. The van der Waals surface area contributed by atoms with Gasteiger partial charge < -0.3 is 14.8 Å². The second kappa shape index (κ2) is 6.19. The van der Waals surface area contributed by atoms with Crippen molar-refractivity contribution >= 4 is 0 Å². The molecule has 3 nitrogen and oxygen atoms in total. The van der Waals surface area contributed by atoms with Gasteiger partial charge in [-0.05, 0) is 29.7 Å². The van der Waals surface area contributed by atoms with Crippen molar-refractivity contribution in [1.29, 1.82) is 0 Å². The van der Waals surface area contributed by atoms with Crippen molar-refractivity contribution in [3.63, 3.8) is 0 Å². The minimum absolute atomic E-state index is 0.298. The molecule has 1 N–H and O–H groups in total. The molecule has 110 valence electrons. The molecule has 3 heteroatoms. The van der Waals surface area contributed by atoms with Crippen LogP contribution < -0.4 is 14.8 Å². The van der Waals surface area contributed by atoms with Crippen LogP contribution in [0, 0.1) is 0 Å². The lowest BCUT2D eigenvalue weighted by atomic mass is 9.98. The molecular weight excluding hydrogens is 262 g/mol. The third-order valence-electron chi connectivity index (χ3n) is 3.61. The van der Waals surface area contributed by atoms with Gasteiger partial charge in [0.25, 0.3) is 0 Å². The predicted molar refractivity (Wildman–Crippen MR) is 83.7 cm³/mol. The molecule has 0 bridgehead atoms. The van der Waals surface area contributed by atoms with Crippen LogP contribution in [0.4, 0.5) is 0 Å². The van der Waals surface area contributed by atoms with Crippen molar-refractivity contribution in [3.05, 3.63) is 59.7 Å². The van der Waals surface area contributed by atoms with Crippen LogP contribution >= 0.6 is 0 Å². The third-order valence-corrected chi connectivity index (χ3v) is 3.61. The van der Waals surface area contributed by atoms with E-state index < -0.39 is 0 Å². The third kappa shape index (κ3) is 3.37. The molecule has 1 unspecified atom stereocenters. The molecule has 0 fully saturated rings. The SMILES string of the molecule is CC(C)NC(Cc1ccc2c(c1)OCO2)c1ccccc1. The van der Waals surface area contributed by atoms with Crippen molar-refractivity contribution in [2.75, 3.05) is 6.79 Å². The fourth-order valence-electron chi connectivity index (χ4n) is 2.66. The number of fused-ring (bicyclic) bond motifs is 1. The Hall–Kier alpha value is -2.00. The average Bonchev–Trinajstić information content (AvgIpc) is 2.94. The van der Waals surface area contributed by atoms with Gasteiger partial charge in [0.2, 0.25) is 6.79 Å². The van der Waals surface area contributed by atoms with Crippen LogP contribution in [0.25, 0.3) is 0 Å². The number of hydrogen-bond donors (Lipinski definition) is 1. The van der Waals surface area contributed by atoms with Crippen molar-refractivity contribution < 1.29 is 9.47 Å². The maximum atomic E-state index is 5.46. The van der Waals surface area contributed by atoms with Crippen molar-refractivity contribution in [3.8, 4) is 11.5 Å². The molecule has 0 amide bonds. The number of rotatable bonds is 5. The summed E-state index contributed by atoms with van der Waals surface area (Å²) in [5.41, 5.74) is 2.56. The highest BCUT2D eigenvalue weighted by Crippen LogP contribution is 2.33. The molecule has 0 aliphatic carbocycles. The minimum Gasteiger partial charge on any atom is -0.454 e. The minimum atomic E-state index is 0.298. The zero-order valence-electron chi connectivity index (χ0n) is 12.5. The molecule has 0 aromatic heterocycles. The van der Waals surface area contributed by atoms with Gasteiger partial charge in [-0.1, -0.05) is 50.2 Å². The molecule has 1 aliphatic heterocycles. The maximum Gasteiger partial charge on any atom is 0.231 e. The largest absolute Gasteiger partial charge is 0.454 e. The van der Waals surface area contributed by atoms with Crippen LogP contribution in [-0.4, -0.2) is 12.8 Å². The number of nitrogens with one attached hydrogen (secondary N) is 1. The normalized spacial score (nSPS) is 14.4. The van der Waals surface area contributed by atoms with Crippen LogP contribution in [0.15, 0.2) is 48.5 Å². The Balaban J connectivity index is 1.81. The zero-order valence-corrected chi connectivity index (χ0v) is 12.5.